The van der Waals surface area contributed by atoms with Crippen LogP contribution in [-0.4, -0.2) is 5.78 Å². The van der Waals surface area contributed by atoms with Gasteiger partial charge in [0.1, 0.15) is 0 Å². The first-order valence-corrected chi connectivity index (χ1v) is 2.00. The van der Waals surface area contributed by atoms with Crippen LogP contribution in [0.5, 0.6) is 0 Å². The predicted molar refractivity (Wildman–Crippen MR) is 23.4 cm³/mol. The summed E-state index contributed by atoms with van der Waals surface area (Å²) in [5, 5.41) is 0. The summed E-state index contributed by atoms with van der Waals surface area (Å²) in [6.07, 6.45) is 2.87. The lowest BCUT2D eigenvalue weighted by Crippen LogP contribution is -1.80. The second-order valence-electron chi connectivity index (χ2n) is 1.49. The molecule has 0 atom stereocenters. The van der Waals surface area contributed by atoms with Gasteiger partial charge in [-0.05, 0) is 18.9 Å². The summed E-state index contributed by atoms with van der Waals surface area (Å²) in [5.74, 6) is 0.231. The Kier molecular flexibility index (Phi) is 0.560. The Morgan fingerprint density at radius 3 is 2.50 bits per heavy atom. The van der Waals surface area contributed by atoms with Crippen molar-refractivity contribution in [2.45, 2.75) is 13.3 Å². The van der Waals surface area contributed by atoms with Gasteiger partial charge in [0.2, 0.25) is 0 Å². The number of ketones is 1. The molecule has 1 rings (SSSR count). The van der Waals surface area contributed by atoms with E-state index in [1.807, 2.05) is 6.08 Å². The number of hydrogen-bond donors (Lipinski definition) is 0. The van der Waals surface area contributed by atoms with E-state index in [2.05, 4.69) is 0 Å². The van der Waals surface area contributed by atoms with Crippen LogP contribution in [0, 0.1) is 0 Å². The van der Waals surface area contributed by atoms with Crippen LogP contribution in [0.2, 0.25) is 0 Å². The molecule has 0 bridgehead atoms. The fourth-order valence-corrected chi connectivity index (χ4v) is 0.338. The van der Waals surface area contributed by atoms with Crippen LogP contribution in [0.4, 0.5) is 0 Å². The molecule has 1 aliphatic carbocycles. The Bertz CT molecular complexity index is 111. The van der Waals surface area contributed by atoms with Crippen molar-refractivity contribution in [3.63, 3.8) is 0 Å². The van der Waals surface area contributed by atoms with Gasteiger partial charge in [0.05, 0.1) is 0 Å². The van der Waals surface area contributed by atoms with Crippen molar-refractivity contribution in [2.75, 3.05) is 0 Å². The average Bonchev–Trinajstić information content (AvgIpc) is 2.06. The highest BCUT2D eigenvalue weighted by atomic mass is 16.1. The lowest BCUT2D eigenvalue weighted by molar-refractivity contribution is -0.113. The molecule has 32 valence electrons. The van der Waals surface area contributed by atoms with E-state index >= 15 is 0 Å². The minimum absolute atomic E-state index is 0.231. The number of allylic oxidation sites excluding steroid dienone is 2. The maximum absolute atomic E-state index is 10.1. The standard InChI is InChI=1S/C5H6O/c1-4(6)5-2-3-5/h2H,3H2,1H3. The van der Waals surface area contributed by atoms with Crippen molar-refractivity contribution in [1.82, 2.24) is 0 Å². The number of carbonyl (C=O) groups is 1. The average molecular weight is 82.1 g/mol. The van der Waals surface area contributed by atoms with Crippen LogP contribution >= 0.6 is 0 Å². The largest absolute Gasteiger partial charge is 0.295 e. The second-order valence-corrected chi connectivity index (χ2v) is 1.49. The van der Waals surface area contributed by atoms with E-state index in [0.29, 0.717) is 0 Å². The summed E-state index contributed by atoms with van der Waals surface area (Å²) in [7, 11) is 0. The zero-order chi connectivity index (χ0) is 4.57. The van der Waals surface area contributed by atoms with Gasteiger partial charge < -0.3 is 0 Å². The number of rotatable bonds is 1. The van der Waals surface area contributed by atoms with E-state index in [1.165, 1.54) is 0 Å². The molecule has 0 radical (unpaired) electrons. The molecule has 0 spiro atoms. The Balaban J connectivity index is 2.52. The van der Waals surface area contributed by atoms with Gasteiger partial charge in [0, 0.05) is 0 Å². The van der Waals surface area contributed by atoms with Crippen LogP contribution in [0.15, 0.2) is 11.6 Å². The summed E-state index contributed by atoms with van der Waals surface area (Å²) in [6.45, 7) is 1.60. The van der Waals surface area contributed by atoms with Crippen molar-refractivity contribution in [3.05, 3.63) is 11.6 Å². The lowest BCUT2D eigenvalue weighted by atomic mass is 10.4. The number of Topliss-reactive ketones (excluding diaryl/α,β-unsaturated/α-hetero) is 1. The monoisotopic (exact) mass is 82.0 g/mol. The van der Waals surface area contributed by atoms with Crippen LogP contribution in [-0.2, 0) is 4.79 Å². The van der Waals surface area contributed by atoms with Gasteiger partial charge in [0.15, 0.2) is 5.78 Å². The molecule has 1 nitrogen and oxygen atoms in total. The Labute approximate surface area is 36.7 Å². The first kappa shape index (κ1) is 3.59. The van der Waals surface area contributed by atoms with E-state index in [4.69, 9.17) is 0 Å². The summed E-state index contributed by atoms with van der Waals surface area (Å²) >= 11 is 0. The molecule has 0 aliphatic heterocycles. The highest BCUT2D eigenvalue weighted by Gasteiger charge is 2.10. The van der Waals surface area contributed by atoms with Gasteiger partial charge >= 0.3 is 0 Å². The molecule has 0 aromatic rings. The molecule has 0 amide bonds. The van der Waals surface area contributed by atoms with E-state index < -0.39 is 0 Å². The fourth-order valence-electron chi connectivity index (χ4n) is 0.338. The molecule has 0 saturated heterocycles. The molecule has 0 N–H and O–H groups in total. The van der Waals surface area contributed by atoms with Crippen molar-refractivity contribution in [2.24, 2.45) is 0 Å². The minimum atomic E-state index is 0.231. The lowest BCUT2D eigenvalue weighted by Gasteiger charge is -1.70. The van der Waals surface area contributed by atoms with Gasteiger partial charge in [-0.2, -0.15) is 0 Å². The maximum atomic E-state index is 10.1. The molecule has 1 heteroatoms. The Hall–Kier alpha value is -0.590. The Morgan fingerprint density at radius 2 is 2.50 bits per heavy atom. The Morgan fingerprint density at radius 1 is 2.00 bits per heavy atom. The van der Waals surface area contributed by atoms with E-state index in [1.54, 1.807) is 6.92 Å². The third-order valence-electron chi connectivity index (χ3n) is 0.860. The molecule has 0 fully saturated rings. The van der Waals surface area contributed by atoms with Crippen molar-refractivity contribution in [1.29, 1.82) is 0 Å². The first-order chi connectivity index (χ1) is 2.80. The molecule has 0 saturated carbocycles. The predicted octanol–water partition coefficient (Wildman–Crippen LogP) is 0.905. The zero-order valence-corrected chi connectivity index (χ0v) is 3.69. The molecule has 0 heterocycles. The van der Waals surface area contributed by atoms with Gasteiger partial charge in [-0.1, -0.05) is 6.08 Å². The summed E-state index contributed by atoms with van der Waals surface area (Å²) in [6, 6.07) is 0. The van der Waals surface area contributed by atoms with Crippen LogP contribution in [0.25, 0.3) is 0 Å². The highest BCUT2D eigenvalue weighted by Crippen LogP contribution is 2.17. The smallest absolute Gasteiger partial charge is 0.155 e. The maximum Gasteiger partial charge on any atom is 0.155 e. The zero-order valence-electron chi connectivity index (χ0n) is 3.69. The quantitative estimate of drug-likeness (QED) is 0.459. The first-order valence-electron chi connectivity index (χ1n) is 2.00. The van der Waals surface area contributed by atoms with Crippen LogP contribution in [0.1, 0.15) is 13.3 Å². The SMILES string of the molecule is CC(=O)C1=CC1. The second kappa shape index (κ2) is 0.934. The highest BCUT2D eigenvalue weighted by molar-refractivity contribution is 5.97. The van der Waals surface area contributed by atoms with E-state index in [0.717, 1.165) is 12.0 Å². The van der Waals surface area contributed by atoms with Crippen LogP contribution < -0.4 is 0 Å². The molecule has 0 aromatic carbocycles. The fraction of sp³-hybridized carbons (Fsp3) is 0.400. The van der Waals surface area contributed by atoms with Gasteiger partial charge in [0.25, 0.3) is 0 Å². The van der Waals surface area contributed by atoms with E-state index in [-0.39, 0.29) is 5.78 Å². The van der Waals surface area contributed by atoms with Crippen molar-refractivity contribution >= 4 is 5.78 Å². The summed E-state index contributed by atoms with van der Waals surface area (Å²) in [4.78, 5) is 10.1. The molecule has 0 aromatic heterocycles. The molecular formula is C5H6O. The number of hydrogen-bond acceptors (Lipinski definition) is 1. The summed E-state index contributed by atoms with van der Waals surface area (Å²) < 4.78 is 0. The molecule has 6 heavy (non-hydrogen) atoms. The topological polar surface area (TPSA) is 17.1 Å². The third kappa shape index (κ3) is 0.482. The van der Waals surface area contributed by atoms with Gasteiger partial charge in [-0.25, -0.2) is 0 Å². The minimum Gasteiger partial charge on any atom is -0.295 e. The van der Waals surface area contributed by atoms with Gasteiger partial charge in [-0.15, -0.1) is 0 Å². The molecular weight excluding hydrogens is 76.1 g/mol. The summed E-state index contributed by atoms with van der Waals surface area (Å²) in [5.41, 5.74) is 0.995. The normalized spacial score (nSPS) is 16.5. The van der Waals surface area contributed by atoms with Crippen LogP contribution in [0.3, 0.4) is 0 Å². The van der Waals surface area contributed by atoms with Crippen molar-refractivity contribution in [3.8, 4) is 0 Å². The molecule has 0 unspecified atom stereocenters. The van der Waals surface area contributed by atoms with Gasteiger partial charge in [-0.3, -0.25) is 4.79 Å². The molecule has 1 aliphatic rings. The number of carbonyl (C=O) groups excluding carboxylic acids is 1. The third-order valence-corrected chi connectivity index (χ3v) is 0.860. The van der Waals surface area contributed by atoms with Crippen molar-refractivity contribution < 1.29 is 4.79 Å². The van der Waals surface area contributed by atoms with E-state index in [9.17, 15) is 4.79 Å².